The number of allylic oxidation sites excluding steroid dienone is 2. The molecule has 23 heavy (non-hydrogen) atoms. The standard InChI is InChI=1S/C18H22N2O3/c21-17(19-10-15-9-13-6-7-14(15)8-13)11-20(12-18(22)23)16-4-2-1-3-5-16/h1-7,13-15H,8-12H2,(H,19,21)(H,22,23)/t13-,14-,15+/m0/s1. The second-order valence-corrected chi connectivity index (χ2v) is 6.43. The second-order valence-electron chi connectivity index (χ2n) is 6.43. The molecule has 0 aromatic heterocycles. The van der Waals surface area contributed by atoms with Gasteiger partial charge in [-0.2, -0.15) is 0 Å². The van der Waals surface area contributed by atoms with Crippen LogP contribution in [0.5, 0.6) is 0 Å². The number of amides is 1. The third kappa shape index (κ3) is 3.92. The largest absolute Gasteiger partial charge is 0.480 e. The van der Waals surface area contributed by atoms with E-state index in [0.717, 1.165) is 12.1 Å². The Morgan fingerprint density at radius 1 is 1.13 bits per heavy atom. The van der Waals surface area contributed by atoms with E-state index < -0.39 is 5.97 Å². The van der Waals surface area contributed by atoms with Crippen LogP contribution in [0.3, 0.4) is 0 Å². The predicted octanol–water partition coefficient (Wildman–Crippen LogP) is 1.91. The van der Waals surface area contributed by atoms with Crippen LogP contribution in [0, 0.1) is 17.8 Å². The number of rotatable bonds is 7. The molecule has 1 aromatic carbocycles. The minimum Gasteiger partial charge on any atom is -0.480 e. The van der Waals surface area contributed by atoms with E-state index in [2.05, 4.69) is 17.5 Å². The first-order chi connectivity index (χ1) is 11.1. The molecule has 5 heteroatoms. The van der Waals surface area contributed by atoms with Crippen molar-refractivity contribution in [3.63, 3.8) is 0 Å². The van der Waals surface area contributed by atoms with Crippen molar-refractivity contribution in [3.8, 4) is 0 Å². The van der Waals surface area contributed by atoms with Crippen molar-refractivity contribution in [1.82, 2.24) is 5.32 Å². The zero-order chi connectivity index (χ0) is 16.2. The van der Waals surface area contributed by atoms with Crippen LogP contribution in [-0.4, -0.2) is 36.6 Å². The van der Waals surface area contributed by atoms with E-state index in [0.29, 0.717) is 24.3 Å². The van der Waals surface area contributed by atoms with Crippen LogP contribution in [0.15, 0.2) is 42.5 Å². The van der Waals surface area contributed by atoms with Crippen LogP contribution >= 0.6 is 0 Å². The molecule has 2 bridgehead atoms. The highest BCUT2D eigenvalue weighted by molar-refractivity contribution is 5.84. The predicted molar refractivity (Wildman–Crippen MR) is 88.1 cm³/mol. The maximum Gasteiger partial charge on any atom is 0.323 e. The summed E-state index contributed by atoms with van der Waals surface area (Å²) >= 11 is 0. The average Bonchev–Trinajstić information content (AvgIpc) is 3.15. The van der Waals surface area contributed by atoms with Crippen molar-refractivity contribution in [2.24, 2.45) is 17.8 Å². The fourth-order valence-corrected chi connectivity index (χ4v) is 3.64. The Hall–Kier alpha value is -2.30. The van der Waals surface area contributed by atoms with Gasteiger partial charge in [0.2, 0.25) is 5.91 Å². The third-order valence-corrected chi connectivity index (χ3v) is 4.76. The summed E-state index contributed by atoms with van der Waals surface area (Å²) in [5.41, 5.74) is 0.743. The zero-order valence-electron chi connectivity index (χ0n) is 13.0. The lowest BCUT2D eigenvalue weighted by molar-refractivity contribution is -0.135. The molecule has 1 amide bonds. The van der Waals surface area contributed by atoms with Crippen LogP contribution in [0.2, 0.25) is 0 Å². The van der Waals surface area contributed by atoms with Gasteiger partial charge in [-0.1, -0.05) is 30.4 Å². The van der Waals surface area contributed by atoms with Gasteiger partial charge in [0.25, 0.3) is 0 Å². The Morgan fingerprint density at radius 3 is 2.52 bits per heavy atom. The Kier molecular flexibility index (Phi) is 4.65. The molecule has 1 fully saturated rings. The highest BCUT2D eigenvalue weighted by atomic mass is 16.4. The zero-order valence-corrected chi connectivity index (χ0v) is 13.0. The summed E-state index contributed by atoms with van der Waals surface area (Å²) in [4.78, 5) is 24.8. The van der Waals surface area contributed by atoms with Gasteiger partial charge in [0.05, 0.1) is 6.54 Å². The SMILES string of the molecule is O=C(O)CN(CC(=O)NC[C@H]1C[C@H]2C=C[C@H]1C2)c1ccccc1. The van der Waals surface area contributed by atoms with Crippen molar-refractivity contribution >= 4 is 17.6 Å². The topological polar surface area (TPSA) is 69.6 Å². The van der Waals surface area contributed by atoms with Crippen molar-refractivity contribution < 1.29 is 14.7 Å². The molecule has 122 valence electrons. The number of hydrogen-bond acceptors (Lipinski definition) is 3. The number of aliphatic carboxylic acids is 1. The van der Waals surface area contributed by atoms with E-state index in [4.69, 9.17) is 5.11 Å². The van der Waals surface area contributed by atoms with E-state index in [-0.39, 0.29) is 19.0 Å². The van der Waals surface area contributed by atoms with Gasteiger partial charge in [0.1, 0.15) is 6.54 Å². The monoisotopic (exact) mass is 314 g/mol. The molecule has 5 nitrogen and oxygen atoms in total. The number of benzene rings is 1. The third-order valence-electron chi connectivity index (χ3n) is 4.76. The Labute approximate surface area is 136 Å². The average molecular weight is 314 g/mol. The number of fused-ring (bicyclic) bond motifs is 2. The summed E-state index contributed by atoms with van der Waals surface area (Å²) in [7, 11) is 0. The number of carbonyl (C=O) groups excluding carboxylic acids is 1. The molecule has 3 atom stereocenters. The van der Waals surface area contributed by atoms with Gasteiger partial charge in [0, 0.05) is 12.2 Å². The number of nitrogens with one attached hydrogen (secondary N) is 1. The molecule has 0 saturated heterocycles. The molecule has 0 aliphatic heterocycles. The molecule has 0 heterocycles. The lowest BCUT2D eigenvalue weighted by Gasteiger charge is -2.23. The minimum atomic E-state index is -0.945. The van der Waals surface area contributed by atoms with Gasteiger partial charge < -0.3 is 15.3 Å². The van der Waals surface area contributed by atoms with Gasteiger partial charge in [0.15, 0.2) is 0 Å². The number of nitrogens with zero attached hydrogens (tertiary/aromatic N) is 1. The van der Waals surface area contributed by atoms with Crippen molar-refractivity contribution in [2.75, 3.05) is 24.5 Å². The molecule has 0 unspecified atom stereocenters. The lowest BCUT2D eigenvalue weighted by atomic mass is 9.94. The lowest BCUT2D eigenvalue weighted by Crippen LogP contribution is -2.41. The van der Waals surface area contributed by atoms with Gasteiger partial charge >= 0.3 is 5.97 Å². The fourth-order valence-electron chi connectivity index (χ4n) is 3.64. The summed E-state index contributed by atoms with van der Waals surface area (Å²) in [5.74, 6) is 0.750. The maximum atomic E-state index is 12.2. The Morgan fingerprint density at radius 2 is 1.91 bits per heavy atom. The highest BCUT2D eigenvalue weighted by Crippen LogP contribution is 2.42. The fraction of sp³-hybridized carbons (Fsp3) is 0.444. The number of para-hydroxylation sites is 1. The van der Waals surface area contributed by atoms with Gasteiger partial charge in [-0.25, -0.2) is 0 Å². The smallest absolute Gasteiger partial charge is 0.323 e. The molecule has 2 aliphatic rings. The van der Waals surface area contributed by atoms with E-state index in [1.807, 2.05) is 30.3 Å². The molecule has 1 saturated carbocycles. The normalized spacial score (nSPS) is 24.6. The van der Waals surface area contributed by atoms with Gasteiger partial charge in [-0.05, 0) is 42.7 Å². The molecule has 3 rings (SSSR count). The number of carbonyl (C=O) groups is 2. The maximum absolute atomic E-state index is 12.2. The van der Waals surface area contributed by atoms with Crippen molar-refractivity contribution in [1.29, 1.82) is 0 Å². The van der Waals surface area contributed by atoms with Crippen LogP contribution < -0.4 is 10.2 Å². The van der Waals surface area contributed by atoms with Crippen LogP contribution in [0.4, 0.5) is 5.69 Å². The van der Waals surface area contributed by atoms with E-state index in [9.17, 15) is 9.59 Å². The summed E-state index contributed by atoms with van der Waals surface area (Å²) in [5, 5.41) is 12.0. The van der Waals surface area contributed by atoms with Crippen molar-refractivity contribution in [2.45, 2.75) is 12.8 Å². The Bertz CT molecular complexity index is 600. The molecular formula is C18H22N2O3. The molecule has 2 aliphatic carbocycles. The summed E-state index contributed by atoms with van der Waals surface area (Å²) < 4.78 is 0. The van der Waals surface area contributed by atoms with Crippen LogP contribution in [0.1, 0.15) is 12.8 Å². The number of carboxylic acids is 1. The van der Waals surface area contributed by atoms with E-state index in [1.54, 1.807) is 4.90 Å². The minimum absolute atomic E-state index is 0.0625. The molecule has 0 spiro atoms. The van der Waals surface area contributed by atoms with Gasteiger partial charge in [-0.15, -0.1) is 0 Å². The van der Waals surface area contributed by atoms with Crippen molar-refractivity contribution in [3.05, 3.63) is 42.5 Å². The molecule has 1 aromatic rings. The summed E-state index contributed by atoms with van der Waals surface area (Å²) in [6.45, 7) is 0.557. The highest BCUT2D eigenvalue weighted by Gasteiger charge is 2.35. The van der Waals surface area contributed by atoms with E-state index in [1.165, 1.54) is 6.42 Å². The molecular weight excluding hydrogens is 292 g/mol. The van der Waals surface area contributed by atoms with Crippen LogP contribution in [-0.2, 0) is 9.59 Å². The molecule has 0 radical (unpaired) electrons. The second kappa shape index (κ2) is 6.86. The Balaban J connectivity index is 1.53. The molecule has 2 N–H and O–H groups in total. The first-order valence-electron chi connectivity index (χ1n) is 8.08. The van der Waals surface area contributed by atoms with Crippen LogP contribution in [0.25, 0.3) is 0 Å². The van der Waals surface area contributed by atoms with E-state index >= 15 is 0 Å². The summed E-state index contributed by atoms with van der Waals surface area (Å²) in [6, 6.07) is 9.17. The number of carboxylic acid groups (broad SMARTS) is 1. The number of anilines is 1. The summed E-state index contributed by atoms with van der Waals surface area (Å²) in [6.07, 6.45) is 6.92. The first kappa shape index (κ1) is 15.6. The first-order valence-corrected chi connectivity index (χ1v) is 8.08. The quantitative estimate of drug-likeness (QED) is 0.754. The van der Waals surface area contributed by atoms with Gasteiger partial charge in [-0.3, -0.25) is 9.59 Å². The number of hydrogen-bond donors (Lipinski definition) is 2.